The monoisotopic (exact) mass is 342 g/mol. The second-order valence-electron chi connectivity index (χ2n) is 8.87. The van der Waals surface area contributed by atoms with Gasteiger partial charge in [0.1, 0.15) is 5.82 Å². The third kappa shape index (κ3) is 5.53. The fourth-order valence-corrected chi connectivity index (χ4v) is 5.41. The lowest BCUT2D eigenvalue weighted by molar-refractivity contribution is 0.121. The smallest absolute Gasteiger partial charge is 0.128 e. The highest BCUT2D eigenvalue weighted by Crippen LogP contribution is 2.43. The van der Waals surface area contributed by atoms with Gasteiger partial charge in [0.2, 0.25) is 0 Å². The SMILES string of the molecule is CCCCC1CCC(C(Cc2ncc(C)cn2)C2CCCCC2)CC1. The summed E-state index contributed by atoms with van der Waals surface area (Å²) in [6, 6.07) is 0. The topological polar surface area (TPSA) is 25.8 Å². The van der Waals surface area contributed by atoms with Crippen LogP contribution in [0.3, 0.4) is 0 Å². The van der Waals surface area contributed by atoms with Gasteiger partial charge in [-0.1, -0.05) is 71.1 Å². The molecule has 3 rings (SSSR count). The van der Waals surface area contributed by atoms with Crippen molar-refractivity contribution in [3.63, 3.8) is 0 Å². The van der Waals surface area contributed by atoms with Gasteiger partial charge in [-0.05, 0) is 49.0 Å². The average molecular weight is 343 g/mol. The van der Waals surface area contributed by atoms with E-state index in [2.05, 4.69) is 23.8 Å². The molecule has 0 aliphatic heterocycles. The van der Waals surface area contributed by atoms with E-state index in [1.165, 1.54) is 82.6 Å². The first kappa shape index (κ1) is 18.9. The van der Waals surface area contributed by atoms with Crippen molar-refractivity contribution in [2.24, 2.45) is 23.7 Å². The number of nitrogens with zero attached hydrogens (tertiary/aromatic N) is 2. The summed E-state index contributed by atoms with van der Waals surface area (Å²) < 4.78 is 0. The van der Waals surface area contributed by atoms with E-state index in [0.29, 0.717) is 0 Å². The standard InChI is InChI=1S/C23H38N2/c1-3-4-8-19-11-13-21(14-12-19)22(20-9-6-5-7-10-20)15-23-24-16-18(2)17-25-23/h16-17,19-22H,3-15H2,1-2H3. The van der Waals surface area contributed by atoms with E-state index in [0.717, 1.165) is 35.9 Å². The molecule has 2 aliphatic carbocycles. The third-order valence-electron chi connectivity index (χ3n) is 6.97. The van der Waals surface area contributed by atoms with E-state index in [9.17, 15) is 0 Å². The molecule has 0 N–H and O–H groups in total. The Morgan fingerprint density at radius 2 is 1.56 bits per heavy atom. The van der Waals surface area contributed by atoms with Crippen molar-refractivity contribution < 1.29 is 0 Å². The van der Waals surface area contributed by atoms with Crippen LogP contribution in [0.4, 0.5) is 0 Å². The van der Waals surface area contributed by atoms with Gasteiger partial charge >= 0.3 is 0 Å². The second kappa shape index (κ2) is 9.69. The van der Waals surface area contributed by atoms with Crippen molar-refractivity contribution in [2.45, 2.75) is 97.3 Å². The summed E-state index contributed by atoms with van der Waals surface area (Å²) in [5.74, 6) is 4.78. The van der Waals surface area contributed by atoms with Gasteiger partial charge in [0.05, 0.1) is 0 Å². The van der Waals surface area contributed by atoms with Crippen LogP contribution in [0, 0.1) is 30.6 Å². The lowest BCUT2D eigenvalue weighted by Crippen LogP contribution is -2.31. The molecule has 1 atom stereocenters. The summed E-state index contributed by atoms with van der Waals surface area (Å²) in [5, 5.41) is 0. The van der Waals surface area contributed by atoms with E-state index in [4.69, 9.17) is 0 Å². The van der Waals surface area contributed by atoms with Crippen molar-refractivity contribution in [1.29, 1.82) is 0 Å². The van der Waals surface area contributed by atoms with Gasteiger partial charge in [0.15, 0.2) is 0 Å². The Morgan fingerprint density at radius 3 is 2.20 bits per heavy atom. The predicted molar refractivity (Wildman–Crippen MR) is 106 cm³/mol. The van der Waals surface area contributed by atoms with E-state index in [-0.39, 0.29) is 0 Å². The van der Waals surface area contributed by atoms with Gasteiger partial charge in [-0.25, -0.2) is 9.97 Å². The average Bonchev–Trinajstić information content (AvgIpc) is 2.67. The van der Waals surface area contributed by atoms with Crippen LogP contribution in [0.25, 0.3) is 0 Å². The summed E-state index contributed by atoms with van der Waals surface area (Å²) in [4.78, 5) is 9.30. The van der Waals surface area contributed by atoms with Crippen LogP contribution < -0.4 is 0 Å². The fraction of sp³-hybridized carbons (Fsp3) is 0.826. The first-order valence-electron chi connectivity index (χ1n) is 11.0. The Balaban J connectivity index is 1.63. The van der Waals surface area contributed by atoms with Crippen LogP contribution in [0.2, 0.25) is 0 Å². The number of aromatic nitrogens is 2. The molecule has 2 nitrogen and oxygen atoms in total. The molecule has 0 saturated heterocycles. The number of aryl methyl sites for hydroxylation is 1. The van der Waals surface area contributed by atoms with E-state index in [1.807, 2.05) is 12.4 Å². The maximum atomic E-state index is 4.65. The minimum absolute atomic E-state index is 0.829. The molecule has 2 fully saturated rings. The van der Waals surface area contributed by atoms with Crippen molar-refractivity contribution in [1.82, 2.24) is 9.97 Å². The molecule has 0 spiro atoms. The van der Waals surface area contributed by atoms with Crippen LogP contribution >= 0.6 is 0 Å². The third-order valence-corrected chi connectivity index (χ3v) is 6.97. The minimum Gasteiger partial charge on any atom is -0.241 e. The molecular formula is C23H38N2. The molecule has 2 aliphatic rings. The lowest BCUT2D eigenvalue weighted by Gasteiger charge is -2.39. The van der Waals surface area contributed by atoms with Crippen molar-refractivity contribution in [3.8, 4) is 0 Å². The molecule has 1 aromatic heterocycles. The number of rotatable bonds is 7. The Hall–Kier alpha value is -0.920. The highest BCUT2D eigenvalue weighted by Gasteiger charge is 2.33. The molecule has 0 aromatic carbocycles. The second-order valence-corrected chi connectivity index (χ2v) is 8.87. The first-order valence-corrected chi connectivity index (χ1v) is 11.0. The van der Waals surface area contributed by atoms with Crippen molar-refractivity contribution in [3.05, 3.63) is 23.8 Å². The molecule has 25 heavy (non-hydrogen) atoms. The molecule has 0 amide bonds. The van der Waals surface area contributed by atoms with E-state index in [1.54, 1.807) is 0 Å². The zero-order valence-electron chi connectivity index (χ0n) is 16.6. The summed E-state index contributed by atoms with van der Waals surface area (Å²) in [6.07, 6.45) is 22.5. The Labute approximate surface area is 155 Å². The molecule has 1 aromatic rings. The van der Waals surface area contributed by atoms with Crippen molar-refractivity contribution >= 4 is 0 Å². The normalized spacial score (nSPS) is 26.5. The predicted octanol–water partition coefficient (Wildman–Crippen LogP) is 6.52. The van der Waals surface area contributed by atoms with Crippen LogP contribution in [0.15, 0.2) is 12.4 Å². The largest absolute Gasteiger partial charge is 0.241 e. The number of hydrogen-bond donors (Lipinski definition) is 0. The fourth-order valence-electron chi connectivity index (χ4n) is 5.41. The molecule has 1 heterocycles. The maximum absolute atomic E-state index is 4.65. The Morgan fingerprint density at radius 1 is 0.920 bits per heavy atom. The molecular weight excluding hydrogens is 304 g/mol. The summed E-state index contributed by atoms with van der Waals surface area (Å²) in [5.41, 5.74) is 1.18. The lowest BCUT2D eigenvalue weighted by atomic mass is 9.66. The molecule has 0 bridgehead atoms. The number of hydrogen-bond acceptors (Lipinski definition) is 2. The quantitative estimate of drug-likeness (QED) is 0.563. The molecule has 1 unspecified atom stereocenters. The van der Waals surface area contributed by atoms with Gasteiger partial charge in [0.25, 0.3) is 0 Å². The van der Waals surface area contributed by atoms with Crippen LogP contribution in [-0.2, 0) is 6.42 Å². The molecule has 0 radical (unpaired) electrons. The van der Waals surface area contributed by atoms with Crippen LogP contribution in [-0.4, -0.2) is 9.97 Å². The maximum Gasteiger partial charge on any atom is 0.128 e. The van der Waals surface area contributed by atoms with Gasteiger partial charge in [-0.2, -0.15) is 0 Å². The zero-order valence-corrected chi connectivity index (χ0v) is 16.6. The number of unbranched alkanes of at least 4 members (excludes halogenated alkanes) is 1. The van der Waals surface area contributed by atoms with Gasteiger partial charge < -0.3 is 0 Å². The van der Waals surface area contributed by atoms with Crippen LogP contribution in [0.1, 0.15) is 95.4 Å². The zero-order chi connectivity index (χ0) is 17.5. The molecule has 2 heteroatoms. The molecule has 2 saturated carbocycles. The van der Waals surface area contributed by atoms with E-state index >= 15 is 0 Å². The Bertz CT molecular complexity index is 481. The summed E-state index contributed by atoms with van der Waals surface area (Å²) >= 11 is 0. The van der Waals surface area contributed by atoms with Crippen molar-refractivity contribution in [2.75, 3.05) is 0 Å². The summed E-state index contributed by atoms with van der Waals surface area (Å²) in [7, 11) is 0. The van der Waals surface area contributed by atoms with Gasteiger partial charge in [-0.15, -0.1) is 0 Å². The first-order chi connectivity index (χ1) is 12.3. The minimum atomic E-state index is 0.829. The Kier molecular flexibility index (Phi) is 7.31. The van der Waals surface area contributed by atoms with Gasteiger partial charge in [0, 0.05) is 18.8 Å². The van der Waals surface area contributed by atoms with Crippen LogP contribution in [0.5, 0.6) is 0 Å². The van der Waals surface area contributed by atoms with E-state index < -0.39 is 0 Å². The molecule has 140 valence electrons. The highest BCUT2D eigenvalue weighted by molar-refractivity contribution is 5.03. The highest BCUT2D eigenvalue weighted by atomic mass is 14.9. The summed E-state index contributed by atoms with van der Waals surface area (Å²) in [6.45, 7) is 4.41. The van der Waals surface area contributed by atoms with Gasteiger partial charge in [-0.3, -0.25) is 0 Å².